The van der Waals surface area contributed by atoms with Crippen molar-refractivity contribution in [3.8, 4) is 0 Å². The zero-order chi connectivity index (χ0) is 15.1. The number of carbonyl (C=O) groups is 2. The summed E-state index contributed by atoms with van der Waals surface area (Å²) < 4.78 is 0. The summed E-state index contributed by atoms with van der Waals surface area (Å²) in [5, 5.41) is 33.7. The van der Waals surface area contributed by atoms with Crippen molar-refractivity contribution in [3.63, 3.8) is 0 Å². The summed E-state index contributed by atoms with van der Waals surface area (Å²) in [4.78, 5) is 19.8. The van der Waals surface area contributed by atoms with Crippen LogP contribution in [-0.2, 0) is 9.59 Å². The van der Waals surface area contributed by atoms with Gasteiger partial charge in [-0.1, -0.05) is 13.3 Å². The molecule has 6 nitrogen and oxygen atoms in total. The van der Waals surface area contributed by atoms with Crippen LogP contribution in [0.5, 0.6) is 0 Å². The quantitative estimate of drug-likeness (QED) is 0.451. The maximum absolute atomic E-state index is 9.90. The van der Waals surface area contributed by atoms with Crippen LogP contribution in [0.4, 0.5) is 0 Å². The molecule has 0 amide bonds. The Morgan fingerprint density at radius 1 is 0.947 bits per heavy atom. The largest absolute Gasteiger partial charge is 0.481 e. The van der Waals surface area contributed by atoms with Crippen molar-refractivity contribution in [3.05, 3.63) is 0 Å². The number of aliphatic hydroxyl groups excluding tert-OH is 2. The SMILES string of the molecule is CCCC(O)CCCO.O=C(O)CCCCC(=O)O. The highest BCUT2D eigenvalue weighted by atomic mass is 16.4. The van der Waals surface area contributed by atoms with E-state index in [0.29, 0.717) is 12.8 Å². The molecule has 4 N–H and O–H groups in total. The minimum Gasteiger partial charge on any atom is -0.481 e. The van der Waals surface area contributed by atoms with Crippen LogP contribution in [0.1, 0.15) is 58.3 Å². The lowest BCUT2D eigenvalue weighted by atomic mass is 10.1. The van der Waals surface area contributed by atoms with E-state index in [9.17, 15) is 9.59 Å². The number of hydrogen-bond donors (Lipinski definition) is 4. The molecule has 0 aliphatic heterocycles. The smallest absolute Gasteiger partial charge is 0.303 e. The minimum atomic E-state index is -0.870. The molecule has 1 unspecified atom stereocenters. The fourth-order valence-electron chi connectivity index (χ4n) is 1.36. The molecule has 0 saturated heterocycles. The van der Waals surface area contributed by atoms with Crippen LogP contribution in [-0.4, -0.2) is 45.1 Å². The third-order valence-corrected chi connectivity index (χ3v) is 2.35. The second kappa shape index (κ2) is 14.9. The van der Waals surface area contributed by atoms with Gasteiger partial charge in [-0.05, 0) is 32.1 Å². The van der Waals surface area contributed by atoms with Gasteiger partial charge in [0.1, 0.15) is 0 Å². The molecule has 0 rings (SSSR count). The summed E-state index contributed by atoms with van der Waals surface area (Å²) >= 11 is 0. The summed E-state index contributed by atoms with van der Waals surface area (Å²) in [6.07, 6.45) is 4.17. The molecular formula is C13H26O6. The average Bonchev–Trinajstić information content (AvgIpc) is 2.33. The van der Waals surface area contributed by atoms with E-state index in [1.165, 1.54) is 0 Å². The predicted molar refractivity (Wildman–Crippen MR) is 71.0 cm³/mol. The second-order valence-electron chi connectivity index (χ2n) is 4.30. The summed E-state index contributed by atoms with van der Waals surface area (Å²) in [6.45, 7) is 2.24. The van der Waals surface area contributed by atoms with Crippen LogP contribution in [0.2, 0.25) is 0 Å². The molecule has 114 valence electrons. The summed E-state index contributed by atoms with van der Waals surface area (Å²) in [5.41, 5.74) is 0. The van der Waals surface area contributed by atoms with Crippen molar-refractivity contribution >= 4 is 11.9 Å². The van der Waals surface area contributed by atoms with Crippen LogP contribution in [0.15, 0.2) is 0 Å². The van der Waals surface area contributed by atoms with Gasteiger partial charge < -0.3 is 20.4 Å². The van der Waals surface area contributed by atoms with Crippen LogP contribution >= 0.6 is 0 Å². The molecule has 0 heterocycles. The van der Waals surface area contributed by atoms with Crippen molar-refractivity contribution in [2.24, 2.45) is 0 Å². The number of hydrogen-bond acceptors (Lipinski definition) is 4. The van der Waals surface area contributed by atoms with Crippen LogP contribution in [0.3, 0.4) is 0 Å². The molecular weight excluding hydrogens is 252 g/mol. The first-order valence-corrected chi connectivity index (χ1v) is 6.66. The Hall–Kier alpha value is -1.14. The molecule has 0 spiro atoms. The topological polar surface area (TPSA) is 115 Å². The Morgan fingerprint density at radius 2 is 1.42 bits per heavy atom. The van der Waals surface area contributed by atoms with Gasteiger partial charge in [0.15, 0.2) is 0 Å². The van der Waals surface area contributed by atoms with Crippen molar-refractivity contribution < 1.29 is 30.0 Å². The monoisotopic (exact) mass is 278 g/mol. The average molecular weight is 278 g/mol. The number of aliphatic carboxylic acids is 2. The first-order valence-electron chi connectivity index (χ1n) is 6.66. The van der Waals surface area contributed by atoms with Gasteiger partial charge >= 0.3 is 11.9 Å². The number of rotatable bonds is 10. The Kier molecular flexibility index (Phi) is 15.8. The van der Waals surface area contributed by atoms with Gasteiger partial charge in [0.05, 0.1) is 6.10 Å². The lowest BCUT2D eigenvalue weighted by Gasteiger charge is -2.05. The molecule has 6 heteroatoms. The van der Waals surface area contributed by atoms with E-state index in [-0.39, 0.29) is 25.6 Å². The van der Waals surface area contributed by atoms with E-state index < -0.39 is 11.9 Å². The van der Waals surface area contributed by atoms with Gasteiger partial charge in [0.2, 0.25) is 0 Å². The number of carboxylic acid groups (broad SMARTS) is 2. The zero-order valence-corrected chi connectivity index (χ0v) is 11.5. The van der Waals surface area contributed by atoms with E-state index >= 15 is 0 Å². The Balaban J connectivity index is 0. The van der Waals surface area contributed by atoms with Gasteiger partial charge in [-0.25, -0.2) is 0 Å². The molecule has 0 aliphatic carbocycles. The summed E-state index contributed by atoms with van der Waals surface area (Å²) in [7, 11) is 0. The Morgan fingerprint density at radius 3 is 1.74 bits per heavy atom. The van der Waals surface area contributed by atoms with Crippen molar-refractivity contribution in [1.29, 1.82) is 0 Å². The summed E-state index contributed by atoms with van der Waals surface area (Å²) in [5.74, 6) is -1.74. The van der Waals surface area contributed by atoms with E-state index in [0.717, 1.165) is 25.7 Å². The van der Waals surface area contributed by atoms with Gasteiger partial charge in [-0.2, -0.15) is 0 Å². The Labute approximate surface area is 114 Å². The number of unbranched alkanes of at least 4 members (excludes halogenated alkanes) is 1. The number of aliphatic hydroxyl groups is 2. The van der Waals surface area contributed by atoms with Crippen LogP contribution in [0.25, 0.3) is 0 Å². The molecule has 0 saturated carbocycles. The van der Waals surface area contributed by atoms with Gasteiger partial charge in [0, 0.05) is 19.4 Å². The normalized spacial score (nSPS) is 11.3. The zero-order valence-electron chi connectivity index (χ0n) is 11.5. The van der Waals surface area contributed by atoms with Crippen molar-refractivity contribution in [2.75, 3.05) is 6.61 Å². The minimum absolute atomic E-state index is 0.0628. The number of carboxylic acids is 2. The fourth-order valence-corrected chi connectivity index (χ4v) is 1.36. The van der Waals surface area contributed by atoms with Crippen molar-refractivity contribution in [1.82, 2.24) is 0 Å². The molecule has 0 aliphatic rings. The van der Waals surface area contributed by atoms with Crippen LogP contribution in [0, 0.1) is 0 Å². The fraction of sp³-hybridized carbons (Fsp3) is 0.846. The standard InChI is InChI=1S/C7H16O2.C6H10O4/c1-2-4-7(9)5-3-6-8;7-5(8)3-1-2-4-6(9)10/h7-9H,2-6H2,1H3;1-4H2,(H,7,8)(H,9,10). The lowest BCUT2D eigenvalue weighted by Crippen LogP contribution is -2.05. The van der Waals surface area contributed by atoms with Gasteiger partial charge in [-0.15, -0.1) is 0 Å². The predicted octanol–water partition coefficient (Wildman–Crippen LogP) is 1.64. The maximum atomic E-state index is 9.90. The van der Waals surface area contributed by atoms with Gasteiger partial charge in [-0.3, -0.25) is 9.59 Å². The third kappa shape index (κ3) is 22.5. The third-order valence-electron chi connectivity index (χ3n) is 2.35. The van der Waals surface area contributed by atoms with E-state index in [1.54, 1.807) is 0 Å². The molecule has 1 atom stereocenters. The Bertz CT molecular complexity index is 213. The van der Waals surface area contributed by atoms with Crippen molar-refractivity contribution in [2.45, 2.75) is 64.4 Å². The molecule has 0 aromatic carbocycles. The molecule has 19 heavy (non-hydrogen) atoms. The molecule has 0 bridgehead atoms. The van der Waals surface area contributed by atoms with Gasteiger partial charge in [0.25, 0.3) is 0 Å². The first-order chi connectivity index (χ1) is 8.93. The molecule has 0 aromatic rings. The lowest BCUT2D eigenvalue weighted by molar-refractivity contribution is -0.139. The molecule has 0 aromatic heterocycles. The first kappa shape index (κ1) is 20.2. The highest BCUT2D eigenvalue weighted by molar-refractivity contribution is 5.67. The molecule has 0 radical (unpaired) electrons. The second-order valence-corrected chi connectivity index (χ2v) is 4.30. The summed E-state index contributed by atoms with van der Waals surface area (Å²) in [6, 6.07) is 0. The maximum Gasteiger partial charge on any atom is 0.303 e. The highest BCUT2D eigenvalue weighted by Crippen LogP contribution is 2.02. The van der Waals surface area contributed by atoms with E-state index in [4.69, 9.17) is 20.4 Å². The molecule has 0 fully saturated rings. The van der Waals surface area contributed by atoms with E-state index in [2.05, 4.69) is 0 Å². The van der Waals surface area contributed by atoms with E-state index in [1.807, 2.05) is 6.92 Å². The van der Waals surface area contributed by atoms with Crippen LogP contribution < -0.4 is 0 Å². The highest BCUT2D eigenvalue weighted by Gasteiger charge is 2.00.